The monoisotopic (exact) mass is 341 g/mol. The second-order valence-corrected chi connectivity index (χ2v) is 6.57. The highest BCUT2D eigenvalue weighted by Crippen LogP contribution is 2.37. The Balaban J connectivity index is 1.62. The number of ether oxygens (including phenoxy) is 2. The maximum absolute atomic E-state index is 12.3. The maximum Gasteiger partial charge on any atom is 0.259 e. The van der Waals surface area contributed by atoms with Crippen molar-refractivity contribution < 1.29 is 14.3 Å². The highest BCUT2D eigenvalue weighted by Gasteiger charge is 2.16. The molecule has 0 atom stereocenters. The number of amides is 1. The van der Waals surface area contributed by atoms with E-state index in [2.05, 4.69) is 15.3 Å². The number of aryl methyl sites for hydroxylation is 1. The molecular formula is C17H15N3O3S. The molecule has 0 radical (unpaired) electrons. The van der Waals surface area contributed by atoms with Gasteiger partial charge in [-0.15, -0.1) is 0 Å². The summed E-state index contributed by atoms with van der Waals surface area (Å²) in [6, 6.07) is 5.56. The first-order valence-corrected chi connectivity index (χ1v) is 8.44. The van der Waals surface area contributed by atoms with Gasteiger partial charge < -0.3 is 9.47 Å². The Morgan fingerprint density at radius 2 is 1.96 bits per heavy atom. The maximum atomic E-state index is 12.3. The summed E-state index contributed by atoms with van der Waals surface area (Å²) in [7, 11) is 0. The van der Waals surface area contributed by atoms with Gasteiger partial charge in [-0.05, 0) is 18.6 Å². The molecule has 1 aliphatic heterocycles. The number of aromatic nitrogens is 2. The van der Waals surface area contributed by atoms with Crippen LogP contribution < -0.4 is 14.8 Å². The van der Waals surface area contributed by atoms with Crippen molar-refractivity contribution in [3.05, 3.63) is 41.7 Å². The Kier molecular flexibility index (Phi) is 3.78. The van der Waals surface area contributed by atoms with Crippen molar-refractivity contribution in [3.63, 3.8) is 0 Å². The van der Waals surface area contributed by atoms with Crippen molar-refractivity contribution in [1.82, 2.24) is 9.97 Å². The van der Waals surface area contributed by atoms with Crippen LogP contribution in [0.25, 0.3) is 10.2 Å². The van der Waals surface area contributed by atoms with Crippen LogP contribution in [0, 0.1) is 6.92 Å². The third kappa shape index (κ3) is 2.90. The van der Waals surface area contributed by atoms with Crippen molar-refractivity contribution in [2.24, 2.45) is 0 Å². The summed E-state index contributed by atoms with van der Waals surface area (Å²) in [6.07, 6.45) is 4.11. The average Bonchev–Trinajstić information content (AvgIpc) is 2.80. The van der Waals surface area contributed by atoms with E-state index < -0.39 is 0 Å². The van der Waals surface area contributed by atoms with Crippen LogP contribution in [0.4, 0.5) is 5.13 Å². The largest absolute Gasteiger partial charge is 0.490 e. The number of hydrogen-bond donors (Lipinski definition) is 1. The third-order valence-corrected chi connectivity index (χ3v) is 4.55. The number of carbonyl (C=O) groups excluding carboxylic acids is 1. The van der Waals surface area contributed by atoms with Gasteiger partial charge in [0.25, 0.3) is 5.91 Å². The Labute approximate surface area is 142 Å². The minimum Gasteiger partial charge on any atom is -0.490 e. The molecule has 1 N–H and O–H groups in total. The molecule has 122 valence electrons. The van der Waals surface area contributed by atoms with E-state index in [1.54, 1.807) is 18.5 Å². The summed E-state index contributed by atoms with van der Waals surface area (Å²) in [6.45, 7) is 3.17. The third-order valence-electron chi connectivity index (χ3n) is 3.62. The predicted molar refractivity (Wildman–Crippen MR) is 92.2 cm³/mol. The van der Waals surface area contributed by atoms with Gasteiger partial charge in [0, 0.05) is 30.9 Å². The van der Waals surface area contributed by atoms with Crippen LogP contribution in [0.2, 0.25) is 0 Å². The molecule has 0 saturated heterocycles. The minimum atomic E-state index is -0.223. The first kappa shape index (κ1) is 14.9. The van der Waals surface area contributed by atoms with Crippen molar-refractivity contribution in [2.75, 3.05) is 18.5 Å². The van der Waals surface area contributed by atoms with Gasteiger partial charge in [-0.25, -0.2) is 4.98 Å². The molecule has 0 aliphatic carbocycles. The quantitative estimate of drug-likeness (QED) is 0.773. The van der Waals surface area contributed by atoms with E-state index >= 15 is 0 Å². The fourth-order valence-corrected chi connectivity index (χ4v) is 3.36. The highest BCUT2D eigenvalue weighted by atomic mass is 32.1. The van der Waals surface area contributed by atoms with Gasteiger partial charge in [-0.1, -0.05) is 11.3 Å². The Morgan fingerprint density at radius 3 is 2.75 bits per heavy atom. The van der Waals surface area contributed by atoms with Gasteiger partial charge in [0.15, 0.2) is 16.6 Å². The van der Waals surface area contributed by atoms with Crippen molar-refractivity contribution >= 4 is 32.6 Å². The average molecular weight is 341 g/mol. The Bertz CT molecular complexity index is 880. The lowest BCUT2D eigenvalue weighted by molar-refractivity contribution is 0.102. The van der Waals surface area contributed by atoms with Gasteiger partial charge in [0.2, 0.25) is 0 Å². The number of thiazole rings is 1. The van der Waals surface area contributed by atoms with E-state index in [1.165, 1.54) is 11.3 Å². The molecule has 4 rings (SSSR count). The molecule has 24 heavy (non-hydrogen) atoms. The molecule has 0 fully saturated rings. The van der Waals surface area contributed by atoms with Gasteiger partial charge >= 0.3 is 0 Å². The van der Waals surface area contributed by atoms with Gasteiger partial charge in [-0.3, -0.25) is 15.1 Å². The molecule has 2 aromatic heterocycles. The highest BCUT2D eigenvalue weighted by molar-refractivity contribution is 7.22. The molecule has 1 amide bonds. The number of fused-ring (bicyclic) bond motifs is 2. The first-order chi connectivity index (χ1) is 11.7. The first-order valence-electron chi connectivity index (χ1n) is 7.62. The molecule has 6 nitrogen and oxygen atoms in total. The van der Waals surface area contributed by atoms with Gasteiger partial charge in [-0.2, -0.15) is 0 Å². The van der Waals surface area contributed by atoms with Crippen LogP contribution in [0.5, 0.6) is 11.5 Å². The fourth-order valence-electron chi connectivity index (χ4n) is 2.49. The number of anilines is 1. The second kappa shape index (κ2) is 6.09. The predicted octanol–water partition coefficient (Wildman–Crippen LogP) is 3.41. The van der Waals surface area contributed by atoms with E-state index in [4.69, 9.17) is 9.47 Å². The smallest absolute Gasteiger partial charge is 0.259 e. The lowest BCUT2D eigenvalue weighted by Gasteiger charge is -2.05. The summed E-state index contributed by atoms with van der Waals surface area (Å²) < 4.78 is 12.3. The molecule has 3 heterocycles. The van der Waals surface area contributed by atoms with E-state index in [0.717, 1.165) is 28.0 Å². The molecule has 0 unspecified atom stereocenters. The summed E-state index contributed by atoms with van der Waals surface area (Å²) in [4.78, 5) is 20.8. The second-order valence-electron chi connectivity index (χ2n) is 5.54. The summed E-state index contributed by atoms with van der Waals surface area (Å²) in [5.74, 6) is 1.20. The van der Waals surface area contributed by atoms with E-state index in [0.29, 0.717) is 29.7 Å². The summed E-state index contributed by atoms with van der Waals surface area (Å²) in [5, 5.41) is 3.36. The van der Waals surface area contributed by atoms with Gasteiger partial charge in [0.1, 0.15) is 0 Å². The Hall–Kier alpha value is -2.67. The normalized spacial score (nSPS) is 13.5. The zero-order valence-corrected chi connectivity index (χ0v) is 13.9. The van der Waals surface area contributed by atoms with E-state index in [-0.39, 0.29) is 5.91 Å². The van der Waals surface area contributed by atoms with Crippen molar-refractivity contribution in [1.29, 1.82) is 0 Å². The number of benzene rings is 1. The molecule has 0 spiro atoms. The van der Waals surface area contributed by atoms with Crippen LogP contribution in [0.15, 0.2) is 30.6 Å². The molecule has 0 bridgehead atoms. The standard InChI is InChI=1S/C17H15N3O3S/c1-10-5-11(9-18-8-10)16(21)20-17-19-12-6-13-14(7-15(12)24-17)23-4-2-3-22-13/h5-9H,2-4H2,1H3,(H,19,20,21). The van der Waals surface area contributed by atoms with Crippen molar-refractivity contribution in [3.8, 4) is 11.5 Å². The van der Waals surface area contributed by atoms with Crippen LogP contribution in [-0.2, 0) is 0 Å². The number of nitrogens with one attached hydrogen (secondary N) is 1. The molecule has 3 aromatic rings. The number of carbonyl (C=O) groups is 1. The van der Waals surface area contributed by atoms with Crippen LogP contribution in [0.1, 0.15) is 22.3 Å². The number of hydrogen-bond acceptors (Lipinski definition) is 6. The Morgan fingerprint density at radius 1 is 1.17 bits per heavy atom. The zero-order chi connectivity index (χ0) is 16.5. The number of nitrogens with zero attached hydrogens (tertiary/aromatic N) is 2. The molecule has 1 aliphatic rings. The number of pyridine rings is 1. The molecule has 7 heteroatoms. The summed E-state index contributed by atoms with van der Waals surface area (Å²) in [5.41, 5.74) is 2.23. The fraction of sp³-hybridized carbons (Fsp3) is 0.235. The van der Waals surface area contributed by atoms with E-state index in [1.807, 2.05) is 19.1 Å². The molecule has 0 saturated carbocycles. The lowest BCUT2D eigenvalue weighted by Crippen LogP contribution is -2.12. The summed E-state index contributed by atoms with van der Waals surface area (Å²) >= 11 is 1.41. The molecular weight excluding hydrogens is 326 g/mol. The van der Waals surface area contributed by atoms with Crippen LogP contribution in [-0.4, -0.2) is 29.1 Å². The SMILES string of the molecule is Cc1cncc(C(=O)Nc2nc3cc4c(cc3s2)OCCCO4)c1. The van der Waals surface area contributed by atoms with Gasteiger partial charge in [0.05, 0.1) is 29.0 Å². The minimum absolute atomic E-state index is 0.223. The molecule has 1 aromatic carbocycles. The number of rotatable bonds is 2. The zero-order valence-electron chi connectivity index (χ0n) is 13.0. The van der Waals surface area contributed by atoms with E-state index in [9.17, 15) is 4.79 Å². The topological polar surface area (TPSA) is 73.3 Å². The van der Waals surface area contributed by atoms with Crippen molar-refractivity contribution in [2.45, 2.75) is 13.3 Å². The lowest BCUT2D eigenvalue weighted by atomic mass is 10.2. The van der Waals surface area contributed by atoms with Crippen LogP contribution in [0.3, 0.4) is 0 Å². The van der Waals surface area contributed by atoms with Crippen LogP contribution >= 0.6 is 11.3 Å².